The zero-order chi connectivity index (χ0) is 86.9. The van der Waals surface area contributed by atoms with Gasteiger partial charge in [-0.15, -0.1) is 0 Å². The van der Waals surface area contributed by atoms with Gasteiger partial charge in [0.15, 0.2) is 0 Å². The summed E-state index contributed by atoms with van der Waals surface area (Å²) in [7, 11) is 2.50. The molecule has 3 aliphatic rings. The van der Waals surface area contributed by atoms with Gasteiger partial charge in [-0.2, -0.15) is 20.5 Å². The van der Waals surface area contributed by atoms with Gasteiger partial charge in [-0.1, -0.05) is 241 Å². The lowest BCUT2D eigenvalue weighted by molar-refractivity contribution is -0.140. The van der Waals surface area contributed by atoms with Crippen LogP contribution in [0.25, 0.3) is 44.5 Å². The van der Waals surface area contributed by atoms with Gasteiger partial charge >= 0.3 is 23.9 Å². The number of carbonyl (C=O) groups excluding carboxylic acids is 4. The quantitative estimate of drug-likeness (QED) is 0.0408. The van der Waals surface area contributed by atoms with Crippen LogP contribution >= 0.6 is 0 Å². The van der Waals surface area contributed by atoms with Crippen LogP contribution in [0.5, 0.6) is 11.5 Å². The molecule has 14 aromatic carbocycles. The fourth-order valence-electron chi connectivity index (χ4n) is 16.2. The second-order valence-electron chi connectivity index (χ2n) is 35.7. The highest BCUT2D eigenvalue weighted by Crippen LogP contribution is 2.58. The largest absolute Gasteiger partial charge is 0.466 e. The summed E-state index contributed by atoms with van der Waals surface area (Å²) < 4.78 is 22.8. The number of hydrogen-bond acceptors (Lipinski definition) is 14. The molecular formula is C110H98N6O8. The molecule has 14 heteroatoms. The van der Waals surface area contributed by atoms with E-state index in [-0.39, 0.29) is 55.4 Å². The average molecular weight is 1630 g/mol. The SMILES string of the molecule is COC(=O)C1=C(C(=O)OC)C2c3ccc(OC(=O)c4ccc(N=Nc5ccc(N(c6ccc(-c7ccc(C(C)(C)C)cc7)cc6)c6ccc(-c7ccc(C(C)(C)C)cc7)cc6)cc5)cc4)cc3C1c1ccc(OC(=O)c3ccc(N=Nc4ccc(N(c5ccc(-c6ccc(C(C)(C)C)cc6)cc5)c5ccc(-c6ccc(C(C)(C)C)cc6)cc5)cc4)cc3)cc12. The Bertz CT molecular complexity index is 5800. The van der Waals surface area contributed by atoms with Gasteiger partial charge < -0.3 is 28.7 Å². The summed E-state index contributed by atoms with van der Waals surface area (Å²) in [5, 5.41) is 18.3. The van der Waals surface area contributed by atoms with Gasteiger partial charge in [0.2, 0.25) is 0 Å². The number of methoxy groups -OCH3 is 2. The second kappa shape index (κ2) is 34.2. The van der Waals surface area contributed by atoms with Gasteiger partial charge in [-0.05, 0) is 281 Å². The van der Waals surface area contributed by atoms with E-state index in [1.165, 1.54) is 36.5 Å². The summed E-state index contributed by atoms with van der Waals surface area (Å²) in [4.78, 5) is 60.4. The minimum atomic E-state index is -0.868. The Balaban J connectivity index is 0.582. The van der Waals surface area contributed by atoms with Crippen LogP contribution in [0.15, 0.2) is 359 Å². The molecule has 0 saturated carbocycles. The van der Waals surface area contributed by atoms with Gasteiger partial charge in [-0.25, -0.2) is 19.2 Å². The van der Waals surface area contributed by atoms with E-state index in [9.17, 15) is 19.2 Å². The Hall–Kier alpha value is -14.5. The van der Waals surface area contributed by atoms with Crippen molar-refractivity contribution in [3.8, 4) is 56.0 Å². The van der Waals surface area contributed by atoms with Crippen LogP contribution < -0.4 is 19.3 Å². The summed E-state index contributed by atoms with van der Waals surface area (Å²) in [5.74, 6) is -4.06. The number of azo groups is 2. The normalized spacial score (nSPS) is 13.8. The highest BCUT2D eigenvalue weighted by molar-refractivity contribution is 6.06. The molecule has 0 N–H and O–H groups in total. The fraction of sp³-hybridized carbons (Fsp3) is 0.182. The molecule has 0 aliphatic heterocycles. The molecule has 2 atom stereocenters. The van der Waals surface area contributed by atoms with E-state index in [4.69, 9.17) is 18.9 Å². The van der Waals surface area contributed by atoms with Crippen LogP contribution in [0.2, 0.25) is 0 Å². The van der Waals surface area contributed by atoms with Crippen molar-refractivity contribution in [2.24, 2.45) is 20.5 Å². The lowest BCUT2D eigenvalue weighted by Crippen LogP contribution is -2.35. The molecule has 14 aromatic rings. The van der Waals surface area contributed by atoms with Crippen molar-refractivity contribution in [3.63, 3.8) is 0 Å². The Labute approximate surface area is 725 Å². The molecule has 3 aliphatic carbocycles. The van der Waals surface area contributed by atoms with E-state index in [0.717, 1.165) is 78.6 Å². The first-order valence-corrected chi connectivity index (χ1v) is 41.8. The predicted octanol–water partition coefficient (Wildman–Crippen LogP) is 29.0. The van der Waals surface area contributed by atoms with Crippen LogP contribution in [-0.2, 0) is 40.7 Å². The average Bonchev–Trinajstić information content (AvgIpc) is 0.695. The lowest BCUT2D eigenvalue weighted by atomic mass is 9.61. The predicted molar refractivity (Wildman–Crippen MR) is 498 cm³/mol. The molecule has 0 radical (unpaired) electrons. The van der Waals surface area contributed by atoms with Crippen molar-refractivity contribution in [1.82, 2.24) is 0 Å². The summed E-state index contributed by atoms with van der Waals surface area (Å²) in [5.41, 5.74) is 25.8. The Morgan fingerprint density at radius 1 is 0.242 bits per heavy atom. The van der Waals surface area contributed by atoms with Crippen LogP contribution in [0.3, 0.4) is 0 Å². The number of carbonyl (C=O) groups is 4. The summed E-state index contributed by atoms with van der Waals surface area (Å²) in [6.07, 6.45) is 0. The minimum Gasteiger partial charge on any atom is -0.466 e. The molecule has 0 amide bonds. The van der Waals surface area contributed by atoms with E-state index in [0.29, 0.717) is 45.0 Å². The number of esters is 4. The van der Waals surface area contributed by atoms with E-state index in [1.807, 2.05) is 48.5 Å². The van der Waals surface area contributed by atoms with Crippen LogP contribution in [0.1, 0.15) is 160 Å². The zero-order valence-corrected chi connectivity index (χ0v) is 72.3. The highest BCUT2D eigenvalue weighted by Gasteiger charge is 2.49. The maximum atomic E-state index is 14.0. The molecule has 2 bridgehead atoms. The first-order valence-electron chi connectivity index (χ1n) is 41.8. The number of benzene rings is 14. The third kappa shape index (κ3) is 17.8. The number of nitrogens with zero attached hydrogens (tertiary/aromatic N) is 6. The van der Waals surface area contributed by atoms with Crippen LogP contribution in [0, 0.1) is 0 Å². The van der Waals surface area contributed by atoms with Gasteiger partial charge in [0.1, 0.15) is 11.5 Å². The fourth-order valence-corrected chi connectivity index (χ4v) is 16.2. The lowest BCUT2D eigenvalue weighted by Gasteiger charge is -2.41. The molecule has 17 rings (SSSR count). The molecule has 0 heterocycles. The van der Waals surface area contributed by atoms with E-state index >= 15 is 0 Å². The van der Waals surface area contributed by atoms with Crippen LogP contribution in [0.4, 0.5) is 56.9 Å². The number of anilines is 6. The standard InChI is InChI=1S/C110H98N6O8/c1-107(2,3)79-35-15-69(16-36-79)73-27-51-87(52-28-73)115(88-53-29-74(30-54-88)70-17-37-80(38-18-70)108(4,5)6)91-59-47-85(48-60-91)113-111-83-43-23-77(24-44-83)103(117)123-93-63-65-95-97(67-93)99-96-66-64-94(68-98(96)100(95)102(106(120)122-14)101(99)105(119)121-13)124-104(118)78-25-45-84(46-26-78)112-114-86-49-61-92(62-50-86)116(89-55-31-75(32-56-89)71-19-39-81(40-20-71)109(7,8)9)90-57-33-76(34-58-90)72-21-41-82(42-22-72)110(10,11)12/h15-68,99-100H,1-14H3. The monoisotopic (exact) mass is 1630 g/mol. The molecule has 14 nitrogen and oxygen atoms in total. The molecule has 0 fully saturated rings. The first kappa shape index (κ1) is 83.2. The smallest absolute Gasteiger partial charge is 0.343 e. The van der Waals surface area contributed by atoms with Crippen LogP contribution in [-0.4, -0.2) is 38.1 Å². The van der Waals surface area contributed by atoms with E-state index < -0.39 is 35.7 Å². The third-order valence-electron chi connectivity index (χ3n) is 23.3. The van der Waals surface area contributed by atoms with Crippen molar-refractivity contribution >= 4 is 80.8 Å². The summed E-state index contributed by atoms with van der Waals surface area (Å²) in [6.45, 7) is 26.7. The molecule has 0 aromatic heterocycles. The number of ether oxygens (including phenoxy) is 4. The Morgan fingerprint density at radius 3 is 0.653 bits per heavy atom. The van der Waals surface area contributed by atoms with Gasteiger partial charge in [0.05, 0.1) is 59.2 Å². The van der Waals surface area contributed by atoms with Crippen molar-refractivity contribution < 1.29 is 38.1 Å². The maximum absolute atomic E-state index is 14.0. The minimum absolute atomic E-state index is 0.0576. The van der Waals surface area contributed by atoms with Crippen molar-refractivity contribution in [2.75, 3.05) is 24.0 Å². The number of hydrogen-bond donors (Lipinski definition) is 0. The van der Waals surface area contributed by atoms with Gasteiger partial charge in [0.25, 0.3) is 0 Å². The van der Waals surface area contributed by atoms with Crippen molar-refractivity contribution in [2.45, 2.75) is 117 Å². The third-order valence-corrected chi connectivity index (χ3v) is 23.3. The van der Waals surface area contributed by atoms with Gasteiger partial charge in [-0.3, -0.25) is 0 Å². The van der Waals surface area contributed by atoms with Crippen molar-refractivity contribution in [3.05, 3.63) is 394 Å². The summed E-state index contributed by atoms with van der Waals surface area (Å²) >= 11 is 0. The molecular weight excluding hydrogens is 1530 g/mol. The Kier molecular flexibility index (Phi) is 22.9. The second-order valence-corrected chi connectivity index (χ2v) is 35.7. The zero-order valence-electron chi connectivity index (χ0n) is 72.3. The maximum Gasteiger partial charge on any atom is 0.343 e. The molecule has 0 saturated heterocycles. The van der Waals surface area contributed by atoms with E-state index in [2.05, 4.69) is 307 Å². The van der Waals surface area contributed by atoms with E-state index in [1.54, 1.807) is 84.9 Å². The first-order chi connectivity index (χ1) is 59.5. The van der Waals surface area contributed by atoms with Gasteiger partial charge in [0, 0.05) is 46.0 Å². The highest BCUT2D eigenvalue weighted by atomic mass is 16.5. The molecule has 2 unspecified atom stereocenters. The van der Waals surface area contributed by atoms with Crippen molar-refractivity contribution in [1.29, 1.82) is 0 Å². The molecule has 124 heavy (non-hydrogen) atoms. The molecule has 616 valence electrons. The topological polar surface area (TPSA) is 161 Å². The Morgan fingerprint density at radius 2 is 0.444 bits per heavy atom. The summed E-state index contributed by atoms with van der Waals surface area (Å²) in [6, 6.07) is 109. The molecule has 0 spiro atoms. The number of rotatable bonds is 20.